The number of carbonyl (C=O) groups excluding carboxylic acids is 1. The molecule has 0 bridgehead atoms. The van der Waals surface area contributed by atoms with Gasteiger partial charge in [-0.25, -0.2) is 9.78 Å². The van der Waals surface area contributed by atoms with E-state index in [1.165, 1.54) is 16.8 Å². The number of piperidine rings is 1. The summed E-state index contributed by atoms with van der Waals surface area (Å²) >= 11 is 1.67. The molecular formula is C25H24N4O3S. The fraction of sp³-hybridized carbons (Fsp3) is 0.280. The fourth-order valence-corrected chi connectivity index (χ4v) is 5.40. The molecule has 5 rings (SSSR count). The van der Waals surface area contributed by atoms with Crippen molar-refractivity contribution < 1.29 is 4.79 Å². The zero-order valence-corrected chi connectivity index (χ0v) is 18.9. The molecule has 8 heteroatoms. The third-order valence-corrected chi connectivity index (χ3v) is 7.26. The van der Waals surface area contributed by atoms with Crippen LogP contribution >= 0.6 is 11.3 Å². The van der Waals surface area contributed by atoms with Gasteiger partial charge >= 0.3 is 5.69 Å². The quantitative estimate of drug-likeness (QED) is 0.459. The van der Waals surface area contributed by atoms with Gasteiger partial charge in [-0.1, -0.05) is 42.5 Å². The van der Waals surface area contributed by atoms with Gasteiger partial charge in [0.25, 0.3) is 5.56 Å². The van der Waals surface area contributed by atoms with Gasteiger partial charge in [-0.05, 0) is 30.5 Å². The minimum Gasteiger partial charge on any atom is -0.340 e. The predicted molar refractivity (Wildman–Crippen MR) is 129 cm³/mol. The summed E-state index contributed by atoms with van der Waals surface area (Å²) in [5.74, 6) is -0.0418. The first-order valence-corrected chi connectivity index (χ1v) is 11.9. The van der Waals surface area contributed by atoms with Crippen molar-refractivity contribution in [3.63, 3.8) is 0 Å². The van der Waals surface area contributed by atoms with Crippen molar-refractivity contribution in [1.29, 1.82) is 0 Å². The van der Waals surface area contributed by atoms with E-state index in [1.807, 2.05) is 48.5 Å². The second-order valence-electron chi connectivity index (χ2n) is 8.33. The average Bonchev–Trinajstić information content (AvgIpc) is 3.29. The minimum atomic E-state index is -0.473. The molecule has 0 N–H and O–H groups in total. The molecule has 7 nitrogen and oxygen atoms in total. The monoisotopic (exact) mass is 460 g/mol. The number of benzene rings is 2. The van der Waals surface area contributed by atoms with Crippen molar-refractivity contribution in [3.05, 3.63) is 98.3 Å². The summed E-state index contributed by atoms with van der Waals surface area (Å²) in [4.78, 5) is 45.0. The molecule has 1 aliphatic heterocycles. The van der Waals surface area contributed by atoms with E-state index >= 15 is 0 Å². The van der Waals surface area contributed by atoms with Crippen LogP contribution < -0.4 is 11.2 Å². The van der Waals surface area contributed by atoms with Gasteiger partial charge in [-0.3, -0.25) is 18.7 Å². The number of amides is 1. The molecule has 1 amide bonds. The molecule has 0 aliphatic carbocycles. The van der Waals surface area contributed by atoms with E-state index in [0.717, 1.165) is 38.2 Å². The minimum absolute atomic E-state index is 0.169. The van der Waals surface area contributed by atoms with Crippen LogP contribution in [0.3, 0.4) is 0 Å². The lowest BCUT2D eigenvalue weighted by Crippen LogP contribution is -2.46. The summed E-state index contributed by atoms with van der Waals surface area (Å²) in [6.07, 6.45) is 3.33. The third kappa shape index (κ3) is 4.52. The van der Waals surface area contributed by atoms with Crippen LogP contribution in [0.4, 0.5) is 0 Å². The maximum atomic E-state index is 13.1. The fourth-order valence-electron chi connectivity index (χ4n) is 4.31. The summed E-state index contributed by atoms with van der Waals surface area (Å²) in [6.45, 7) is 1.27. The van der Waals surface area contributed by atoms with Gasteiger partial charge in [0.05, 0.1) is 21.8 Å². The van der Waals surface area contributed by atoms with Crippen LogP contribution in [0.1, 0.15) is 29.3 Å². The first kappa shape index (κ1) is 21.3. The molecule has 0 radical (unpaired) electrons. The number of thiazole rings is 1. The lowest BCUT2D eigenvalue weighted by molar-refractivity contribution is -0.133. The van der Waals surface area contributed by atoms with Crippen molar-refractivity contribution >= 4 is 27.5 Å². The summed E-state index contributed by atoms with van der Waals surface area (Å²) < 4.78 is 3.64. The number of hydrogen-bond donors (Lipinski definition) is 0. The van der Waals surface area contributed by atoms with Gasteiger partial charge in [0.2, 0.25) is 5.91 Å². The Morgan fingerprint density at radius 2 is 1.82 bits per heavy atom. The van der Waals surface area contributed by atoms with E-state index in [9.17, 15) is 14.4 Å². The van der Waals surface area contributed by atoms with Gasteiger partial charge in [-0.15, -0.1) is 11.3 Å². The molecule has 2 aromatic heterocycles. The number of hydrogen-bond acceptors (Lipinski definition) is 5. The highest BCUT2D eigenvalue weighted by Gasteiger charge is 2.27. The van der Waals surface area contributed by atoms with Crippen molar-refractivity contribution in [2.24, 2.45) is 0 Å². The van der Waals surface area contributed by atoms with Gasteiger partial charge in [0.1, 0.15) is 6.54 Å². The van der Waals surface area contributed by atoms with Crippen LogP contribution in [0.15, 0.2) is 76.4 Å². The number of para-hydroxylation sites is 1. The van der Waals surface area contributed by atoms with Crippen LogP contribution in [-0.4, -0.2) is 38.0 Å². The normalized spacial score (nSPS) is 16.2. The molecule has 168 valence electrons. The Morgan fingerprint density at radius 1 is 1.03 bits per heavy atom. The van der Waals surface area contributed by atoms with E-state index in [4.69, 9.17) is 4.98 Å². The summed E-state index contributed by atoms with van der Waals surface area (Å²) in [7, 11) is 0. The number of carbonyl (C=O) groups is 1. The molecule has 1 unspecified atom stereocenters. The number of likely N-dealkylation sites (tertiary alicyclic amines) is 1. The lowest BCUT2D eigenvalue weighted by atomic mass is 9.98. The Labute approximate surface area is 194 Å². The lowest BCUT2D eigenvalue weighted by Gasteiger charge is -2.32. The molecule has 0 saturated carbocycles. The molecule has 1 fully saturated rings. The molecule has 1 saturated heterocycles. The van der Waals surface area contributed by atoms with Gasteiger partial charge in [0, 0.05) is 31.3 Å². The highest BCUT2D eigenvalue weighted by atomic mass is 32.1. The summed E-state index contributed by atoms with van der Waals surface area (Å²) in [5.41, 5.74) is 0.999. The Kier molecular flexibility index (Phi) is 5.92. The maximum Gasteiger partial charge on any atom is 0.331 e. The van der Waals surface area contributed by atoms with Crippen LogP contribution in [0.25, 0.3) is 10.2 Å². The number of rotatable bonds is 5. The second-order valence-corrected chi connectivity index (χ2v) is 9.40. The zero-order chi connectivity index (χ0) is 22.8. The average molecular weight is 461 g/mol. The van der Waals surface area contributed by atoms with Crippen LogP contribution in [0, 0.1) is 0 Å². The smallest absolute Gasteiger partial charge is 0.331 e. The van der Waals surface area contributed by atoms with Crippen LogP contribution in [-0.2, 0) is 17.9 Å². The SMILES string of the molecule is O=C(Cn1c(=O)ccn(Cc2ccccc2)c1=O)N1CCCC(c2nc3ccccc3s2)C1. The van der Waals surface area contributed by atoms with E-state index in [0.29, 0.717) is 19.6 Å². The van der Waals surface area contributed by atoms with E-state index < -0.39 is 11.2 Å². The third-order valence-electron chi connectivity index (χ3n) is 6.06. The zero-order valence-electron chi connectivity index (χ0n) is 18.1. The van der Waals surface area contributed by atoms with Gasteiger partial charge in [0.15, 0.2) is 0 Å². The molecule has 2 aromatic carbocycles. The van der Waals surface area contributed by atoms with Crippen molar-refractivity contribution in [2.45, 2.75) is 31.8 Å². The molecule has 33 heavy (non-hydrogen) atoms. The molecule has 3 heterocycles. The topological polar surface area (TPSA) is 77.2 Å². The Hall–Kier alpha value is -3.52. The number of aromatic nitrogens is 3. The molecule has 1 atom stereocenters. The second kappa shape index (κ2) is 9.15. The van der Waals surface area contributed by atoms with Crippen molar-refractivity contribution in [1.82, 2.24) is 19.0 Å². The van der Waals surface area contributed by atoms with Crippen LogP contribution in [0.5, 0.6) is 0 Å². The maximum absolute atomic E-state index is 13.1. The van der Waals surface area contributed by atoms with Gasteiger partial charge < -0.3 is 4.90 Å². The van der Waals surface area contributed by atoms with E-state index in [2.05, 4.69) is 6.07 Å². The molecule has 1 aliphatic rings. The van der Waals surface area contributed by atoms with E-state index in [1.54, 1.807) is 16.2 Å². The molecular weight excluding hydrogens is 436 g/mol. The van der Waals surface area contributed by atoms with Crippen molar-refractivity contribution in [3.8, 4) is 0 Å². The highest BCUT2D eigenvalue weighted by Crippen LogP contribution is 2.32. The number of nitrogens with zero attached hydrogens (tertiary/aromatic N) is 4. The van der Waals surface area contributed by atoms with Crippen LogP contribution in [0.2, 0.25) is 0 Å². The highest BCUT2D eigenvalue weighted by molar-refractivity contribution is 7.18. The molecule has 4 aromatic rings. The Bertz CT molecular complexity index is 1370. The first-order valence-electron chi connectivity index (χ1n) is 11.1. The van der Waals surface area contributed by atoms with E-state index in [-0.39, 0.29) is 18.4 Å². The largest absolute Gasteiger partial charge is 0.340 e. The Balaban J connectivity index is 1.33. The van der Waals surface area contributed by atoms with Crippen molar-refractivity contribution in [2.75, 3.05) is 13.1 Å². The molecule has 0 spiro atoms. The summed E-state index contributed by atoms with van der Waals surface area (Å²) in [6, 6.07) is 18.9. The summed E-state index contributed by atoms with van der Waals surface area (Å²) in [5, 5.41) is 1.04. The Morgan fingerprint density at radius 3 is 2.64 bits per heavy atom. The number of fused-ring (bicyclic) bond motifs is 1. The predicted octanol–water partition coefficient (Wildman–Crippen LogP) is 3.07. The standard InChI is InChI=1S/C25H24N4O3S/c30-22-12-14-28(15-18-7-2-1-3-8-18)25(32)29(22)17-23(31)27-13-6-9-19(16-27)24-26-20-10-4-5-11-21(20)33-24/h1-5,7-8,10-12,14,19H,6,9,13,15-17H2. The van der Waals surface area contributed by atoms with Gasteiger partial charge in [-0.2, -0.15) is 0 Å². The first-order chi connectivity index (χ1) is 16.1.